The number of amides is 1. The third-order valence-electron chi connectivity index (χ3n) is 3.41. The van der Waals surface area contributed by atoms with Crippen LogP contribution in [0.25, 0.3) is 0 Å². The average Bonchev–Trinajstić information content (AvgIpc) is 2.92. The topological polar surface area (TPSA) is 45.2 Å². The molecule has 2 aromatic rings. The molecule has 0 aliphatic rings. The Balaban J connectivity index is 2.08. The number of thiazole rings is 1. The second kappa shape index (κ2) is 7.33. The van der Waals surface area contributed by atoms with E-state index in [0.29, 0.717) is 6.54 Å². The van der Waals surface area contributed by atoms with Crippen LogP contribution in [0.3, 0.4) is 0 Å². The Bertz CT molecular complexity index is 582. The predicted molar refractivity (Wildman–Crippen MR) is 86.2 cm³/mol. The molecule has 1 heterocycles. The molecule has 0 spiro atoms. The Kier molecular flexibility index (Phi) is 5.47. The van der Waals surface area contributed by atoms with Gasteiger partial charge < -0.3 is 5.32 Å². The van der Waals surface area contributed by atoms with Crippen molar-refractivity contribution in [3.63, 3.8) is 0 Å². The van der Waals surface area contributed by atoms with Gasteiger partial charge in [-0.15, -0.1) is 11.3 Å². The zero-order chi connectivity index (χ0) is 15.2. The Hall–Kier alpha value is -1.72. The molecular formula is C16H21N3OS. The number of benzene rings is 1. The van der Waals surface area contributed by atoms with Gasteiger partial charge in [-0.3, -0.25) is 9.69 Å². The number of carbonyl (C=O) groups excluding carboxylic acids is 1. The number of hydrogen-bond acceptors (Lipinski definition) is 4. The van der Waals surface area contributed by atoms with Gasteiger partial charge in [0.15, 0.2) is 0 Å². The second-order valence-electron chi connectivity index (χ2n) is 4.96. The molecule has 0 saturated heterocycles. The minimum absolute atomic E-state index is 0.0104. The summed E-state index contributed by atoms with van der Waals surface area (Å²) in [6.45, 7) is 5.30. The summed E-state index contributed by atoms with van der Waals surface area (Å²) in [6.07, 6.45) is 0. The summed E-state index contributed by atoms with van der Waals surface area (Å²) < 4.78 is 0. The molecule has 21 heavy (non-hydrogen) atoms. The molecule has 1 aromatic carbocycles. The fourth-order valence-corrected chi connectivity index (χ4v) is 2.80. The molecular weight excluding hydrogens is 282 g/mol. The van der Waals surface area contributed by atoms with Crippen molar-refractivity contribution in [2.45, 2.75) is 26.4 Å². The van der Waals surface area contributed by atoms with Gasteiger partial charge in [-0.05, 0) is 26.1 Å². The molecule has 0 radical (unpaired) electrons. The van der Waals surface area contributed by atoms with Gasteiger partial charge in [0, 0.05) is 5.38 Å². The van der Waals surface area contributed by atoms with Gasteiger partial charge in [0.2, 0.25) is 5.91 Å². The maximum atomic E-state index is 12.5. The van der Waals surface area contributed by atoms with Crippen molar-refractivity contribution in [2.24, 2.45) is 0 Å². The van der Waals surface area contributed by atoms with Crippen molar-refractivity contribution in [1.82, 2.24) is 15.2 Å². The normalized spacial score (nSPS) is 12.4. The van der Waals surface area contributed by atoms with Gasteiger partial charge in [0.25, 0.3) is 0 Å². The van der Waals surface area contributed by atoms with Crippen LogP contribution in [-0.2, 0) is 11.3 Å². The Morgan fingerprint density at radius 3 is 2.67 bits per heavy atom. The summed E-state index contributed by atoms with van der Waals surface area (Å²) in [6, 6.07) is 9.59. The summed E-state index contributed by atoms with van der Waals surface area (Å²) in [5, 5.41) is 5.99. The van der Waals surface area contributed by atoms with Crippen molar-refractivity contribution < 1.29 is 4.79 Å². The van der Waals surface area contributed by atoms with Gasteiger partial charge >= 0.3 is 0 Å². The third kappa shape index (κ3) is 4.12. The highest BCUT2D eigenvalue weighted by Crippen LogP contribution is 2.19. The second-order valence-corrected chi connectivity index (χ2v) is 6.02. The van der Waals surface area contributed by atoms with Crippen LogP contribution in [0, 0.1) is 6.92 Å². The van der Waals surface area contributed by atoms with Crippen LogP contribution in [0.15, 0.2) is 35.7 Å². The molecule has 112 valence electrons. The van der Waals surface area contributed by atoms with Crippen molar-refractivity contribution in [1.29, 1.82) is 0 Å². The van der Waals surface area contributed by atoms with Crippen LogP contribution in [0.4, 0.5) is 0 Å². The third-order valence-corrected chi connectivity index (χ3v) is 4.24. The van der Waals surface area contributed by atoms with Crippen molar-refractivity contribution in [2.75, 3.05) is 13.6 Å². The number of nitrogens with one attached hydrogen (secondary N) is 1. The molecule has 5 heteroatoms. The molecule has 4 nitrogen and oxygen atoms in total. The van der Waals surface area contributed by atoms with Crippen molar-refractivity contribution in [3.05, 3.63) is 52.0 Å². The zero-order valence-corrected chi connectivity index (χ0v) is 13.5. The molecule has 1 amide bonds. The lowest BCUT2D eigenvalue weighted by Crippen LogP contribution is -2.38. The number of rotatable bonds is 6. The smallest absolute Gasteiger partial charge is 0.242 e. The average molecular weight is 303 g/mol. The van der Waals surface area contributed by atoms with E-state index in [1.54, 1.807) is 11.3 Å². The summed E-state index contributed by atoms with van der Waals surface area (Å²) in [4.78, 5) is 19.0. The lowest BCUT2D eigenvalue weighted by molar-refractivity contribution is -0.126. The molecule has 2 rings (SSSR count). The molecule has 0 aliphatic heterocycles. The van der Waals surface area contributed by atoms with E-state index in [4.69, 9.17) is 0 Å². The van der Waals surface area contributed by atoms with Crippen molar-refractivity contribution in [3.8, 4) is 0 Å². The molecule has 1 atom stereocenters. The number of hydrogen-bond donors (Lipinski definition) is 1. The van der Waals surface area contributed by atoms with Crippen LogP contribution < -0.4 is 5.32 Å². The largest absolute Gasteiger partial charge is 0.349 e. The maximum absolute atomic E-state index is 12.5. The maximum Gasteiger partial charge on any atom is 0.242 e. The Labute approximate surface area is 129 Å². The van der Waals surface area contributed by atoms with Gasteiger partial charge in [-0.1, -0.05) is 37.3 Å². The lowest BCUT2D eigenvalue weighted by Gasteiger charge is -2.26. The number of aromatic nitrogens is 1. The highest BCUT2D eigenvalue weighted by Gasteiger charge is 2.23. The van der Waals surface area contributed by atoms with Crippen LogP contribution in [-0.4, -0.2) is 29.4 Å². The molecule has 0 aliphatic carbocycles. The summed E-state index contributed by atoms with van der Waals surface area (Å²) in [7, 11) is 1.96. The standard InChI is InChI=1S/C16H21N3OS/c1-4-19(3)15(13-8-6-5-7-9-13)16(20)17-10-14-11-21-12(2)18-14/h5-9,11,15H,4,10H2,1-3H3,(H,17,20)/t15-/m0/s1. The minimum atomic E-state index is -0.268. The fourth-order valence-electron chi connectivity index (χ4n) is 2.19. The number of nitrogens with zero attached hydrogens (tertiary/aromatic N) is 2. The number of likely N-dealkylation sites (N-methyl/N-ethyl adjacent to an activating group) is 1. The molecule has 0 fully saturated rings. The van der Waals surface area contributed by atoms with Crippen LogP contribution in [0.2, 0.25) is 0 Å². The number of carbonyl (C=O) groups is 1. The quantitative estimate of drug-likeness (QED) is 0.892. The van der Waals surface area contributed by atoms with E-state index in [-0.39, 0.29) is 11.9 Å². The summed E-state index contributed by atoms with van der Waals surface area (Å²) >= 11 is 1.60. The zero-order valence-electron chi connectivity index (χ0n) is 12.7. The van der Waals surface area contributed by atoms with Crippen LogP contribution in [0.1, 0.15) is 29.2 Å². The van der Waals surface area contributed by atoms with Crippen LogP contribution in [0.5, 0.6) is 0 Å². The molecule has 1 N–H and O–H groups in total. The minimum Gasteiger partial charge on any atom is -0.349 e. The van der Waals surface area contributed by atoms with E-state index in [2.05, 4.69) is 10.3 Å². The Morgan fingerprint density at radius 2 is 2.10 bits per heavy atom. The Morgan fingerprint density at radius 1 is 1.38 bits per heavy atom. The monoisotopic (exact) mass is 303 g/mol. The molecule has 0 bridgehead atoms. The van der Waals surface area contributed by atoms with Gasteiger partial charge in [-0.25, -0.2) is 4.98 Å². The van der Waals surface area contributed by atoms with E-state index in [0.717, 1.165) is 22.8 Å². The van der Waals surface area contributed by atoms with E-state index in [1.807, 2.05) is 61.5 Å². The first-order chi connectivity index (χ1) is 10.1. The first kappa shape index (κ1) is 15.7. The highest BCUT2D eigenvalue weighted by molar-refractivity contribution is 7.09. The summed E-state index contributed by atoms with van der Waals surface area (Å²) in [5.74, 6) is 0.0104. The van der Waals surface area contributed by atoms with Gasteiger partial charge in [0.05, 0.1) is 17.2 Å². The predicted octanol–water partition coefficient (Wildman–Crippen LogP) is 2.76. The number of aryl methyl sites for hydroxylation is 1. The first-order valence-corrected chi connectivity index (χ1v) is 7.93. The fraction of sp³-hybridized carbons (Fsp3) is 0.375. The molecule has 0 unspecified atom stereocenters. The highest BCUT2D eigenvalue weighted by atomic mass is 32.1. The van der Waals surface area contributed by atoms with Crippen molar-refractivity contribution >= 4 is 17.2 Å². The van der Waals surface area contributed by atoms with E-state index < -0.39 is 0 Å². The van der Waals surface area contributed by atoms with E-state index in [1.165, 1.54) is 0 Å². The molecule has 1 aromatic heterocycles. The van der Waals surface area contributed by atoms with E-state index >= 15 is 0 Å². The van der Waals surface area contributed by atoms with Gasteiger partial charge in [0.1, 0.15) is 6.04 Å². The first-order valence-electron chi connectivity index (χ1n) is 7.05. The SMILES string of the molecule is CCN(C)[C@H](C(=O)NCc1csc(C)n1)c1ccccc1. The lowest BCUT2D eigenvalue weighted by atomic mass is 10.0. The van der Waals surface area contributed by atoms with Gasteiger partial charge in [-0.2, -0.15) is 0 Å². The van der Waals surface area contributed by atoms with Crippen LogP contribution >= 0.6 is 11.3 Å². The molecule has 0 saturated carbocycles. The summed E-state index contributed by atoms with van der Waals surface area (Å²) in [5.41, 5.74) is 1.92. The van der Waals surface area contributed by atoms with E-state index in [9.17, 15) is 4.79 Å².